The molecule has 0 aromatic carbocycles. The van der Waals surface area contributed by atoms with Crippen LogP contribution < -0.4 is 18.9 Å². The number of alkyl halides is 5. The van der Waals surface area contributed by atoms with E-state index in [-0.39, 0.29) is 18.9 Å². The normalized spacial score (nSPS) is 11.7. The number of rotatable bonds is 1. The van der Waals surface area contributed by atoms with Crippen molar-refractivity contribution in [3.63, 3.8) is 0 Å². The molecule has 1 aromatic rings. The van der Waals surface area contributed by atoms with E-state index in [2.05, 4.69) is 10.2 Å². The number of H-pyrrole nitrogens is 1. The van der Waals surface area contributed by atoms with E-state index in [9.17, 15) is 22.0 Å². The molecule has 1 N–H and O–H groups in total. The predicted octanol–water partition coefficient (Wildman–Crippen LogP) is -1.67. The van der Waals surface area contributed by atoms with Crippen molar-refractivity contribution >= 4 is 0 Å². The molecular formula is C5HF5LiN4+. The van der Waals surface area contributed by atoms with Crippen LogP contribution in [-0.4, -0.2) is 21.6 Å². The SMILES string of the molecule is N#Cc1n[nH]nc1C(F)(F)C(F)(F)F.[Li+]. The van der Waals surface area contributed by atoms with Gasteiger partial charge in [-0.15, -0.1) is 5.10 Å². The van der Waals surface area contributed by atoms with Crippen LogP contribution >= 0.6 is 0 Å². The number of aromatic nitrogens is 3. The van der Waals surface area contributed by atoms with Crippen LogP contribution in [0.3, 0.4) is 0 Å². The first kappa shape index (κ1) is 13.9. The fraction of sp³-hybridized carbons (Fsp3) is 0.400. The molecule has 0 aliphatic heterocycles. The number of nitriles is 1. The Morgan fingerprint density at radius 3 is 2.07 bits per heavy atom. The Kier molecular flexibility index (Phi) is 3.86. The topological polar surface area (TPSA) is 65.4 Å². The predicted molar refractivity (Wildman–Crippen MR) is 31.0 cm³/mol. The summed E-state index contributed by atoms with van der Waals surface area (Å²) < 4.78 is 60.4. The van der Waals surface area contributed by atoms with Crippen LogP contribution in [0.2, 0.25) is 0 Å². The van der Waals surface area contributed by atoms with Crippen LogP contribution in [0.4, 0.5) is 22.0 Å². The fourth-order valence-electron chi connectivity index (χ4n) is 0.662. The van der Waals surface area contributed by atoms with Gasteiger partial charge >= 0.3 is 31.0 Å². The molecule has 0 atom stereocenters. The monoisotopic (exact) mass is 219 g/mol. The molecule has 1 heterocycles. The minimum atomic E-state index is -5.80. The first-order valence-electron chi connectivity index (χ1n) is 3.06. The standard InChI is InChI=1S/C5HF5N4.Li/c6-4(7,5(8,9)10)3-2(1-11)12-14-13-3;/h(H,12,13,14);/q;+1. The average molecular weight is 219 g/mol. The van der Waals surface area contributed by atoms with Gasteiger partial charge in [0.05, 0.1) is 0 Å². The molecular weight excluding hydrogens is 218 g/mol. The molecule has 0 saturated carbocycles. The molecule has 0 spiro atoms. The number of halogens is 5. The van der Waals surface area contributed by atoms with E-state index < -0.39 is 23.5 Å². The van der Waals surface area contributed by atoms with E-state index in [1.807, 2.05) is 0 Å². The summed E-state index contributed by atoms with van der Waals surface area (Å²) >= 11 is 0. The number of hydrogen-bond acceptors (Lipinski definition) is 3. The number of hydrogen-bond donors (Lipinski definition) is 1. The molecule has 1 rings (SSSR count). The molecule has 15 heavy (non-hydrogen) atoms. The van der Waals surface area contributed by atoms with Gasteiger partial charge in [-0.1, -0.05) is 0 Å². The van der Waals surface area contributed by atoms with Gasteiger partial charge in [0.2, 0.25) is 0 Å². The molecule has 4 nitrogen and oxygen atoms in total. The second-order valence-corrected chi connectivity index (χ2v) is 2.20. The van der Waals surface area contributed by atoms with Crippen molar-refractivity contribution < 1.29 is 40.8 Å². The van der Waals surface area contributed by atoms with Gasteiger partial charge in [-0.05, 0) is 0 Å². The van der Waals surface area contributed by atoms with Gasteiger partial charge in [-0.25, -0.2) is 0 Å². The quantitative estimate of drug-likeness (QED) is 0.454. The summed E-state index contributed by atoms with van der Waals surface area (Å²) in [5.74, 6) is -5.18. The molecule has 0 amide bonds. The molecule has 76 valence electrons. The van der Waals surface area contributed by atoms with E-state index in [1.54, 1.807) is 0 Å². The van der Waals surface area contributed by atoms with Gasteiger partial charge in [0.1, 0.15) is 6.07 Å². The summed E-state index contributed by atoms with van der Waals surface area (Å²) in [7, 11) is 0. The largest absolute Gasteiger partial charge is 1.00 e. The van der Waals surface area contributed by atoms with Crippen molar-refractivity contribution in [2.75, 3.05) is 0 Å². The average Bonchev–Trinajstić information content (AvgIpc) is 2.49. The zero-order valence-electron chi connectivity index (χ0n) is 7.23. The van der Waals surface area contributed by atoms with Crippen molar-refractivity contribution in [1.29, 1.82) is 5.26 Å². The molecule has 0 bridgehead atoms. The maximum absolute atomic E-state index is 12.5. The Morgan fingerprint density at radius 1 is 1.13 bits per heavy atom. The Morgan fingerprint density at radius 2 is 1.67 bits per heavy atom. The van der Waals surface area contributed by atoms with Crippen LogP contribution in [-0.2, 0) is 5.92 Å². The Balaban J connectivity index is 0.00000196. The maximum Gasteiger partial charge on any atom is 1.00 e. The molecule has 0 aliphatic carbocycles. The third-order valence-corrected chi connectivity index (χ3v) is 1.31. The zero-order valence-corrected chi connectivity index (χ0v) is 7.23. The van der Waals surface area contributed by atoms with Gasteiger partial charge in [-0.3, -0.25) is 0 Å². The second-order valence-electron chi connectivity index (χ2n) is 2.20. The summed E-state index contributed by atoms with van der Waals surface area (Å²) in [4.78, 5) is 0. The van der Waals surface area contributed by atoms with Gasteiger partial charge in [0, 0.05) is 0 Å². The van der Waals surface area contributed by atoms with E-state index in [4.69, 9.17) is 5.26 Å². The number of aromatic amines is 1. The third-order valence-electron chi connectivity index (χ3n) is 1.31. The van der Waals surface area contributed by atoms with E-state index in [0.717, 1.165) is 6.07 Å². The first-order chi connectivity index (χ1) is 6.30. The Bertz CT molecular complexity index is 378. The van der Waals surface area contributed by atoms with Gasteiger partial charge in [0.25, 0.3) is 0 Å². The molecule has 1 aromatic heterocycles. The minimum Gasteiger partial charge on any atom is -0.196 e. The fourth-order valence-corrected chi connectivity index (χ4v) is 0.662. The molecule has 0 saturated heterocycles. The molecule has 10 heteroatoms. The van der Waals surface area contributed by atoms with Crippen LogP contribution in [0.25, 0.3) is 0 Å². The van der Waals surface area contributed by atoms with Crippen LogP contribution in [0.15, 0.2) is 0 Å². The summed E-state index contributed by atoms with van der Waals surface area (Å²) in [6.07, 6.45) is -5.80. The van der Waals surface area contributed by atoms with E-state index in [0.29, 0.717) is 0 Å². The van der Waals surface area contributed by atoms with E-state index >= 15 is 0 Å². The van der Waals surface area contributed by atoms with Crippen LogP contribution in [0, 0.1) is 11.3 Å². The van der Waals surface area contributed by atoms with Crippen LogP contribution in [0.5, 0.6) is 0 Å². The smallest absolute Gasteiger partial charge is 0.196 e. The van der Waals surface area contributed by atoms with Gasteiger partial charge < -0.3 is 0 Å². The molecule has 0 radical (unpaired) electrons. The van der Waals surface area contributed by atoms with Crippen molar-refractivity contribution in [2.45, 2.75) is 12.1 Å². The maximum atomic E-state index is 12.5. The minimum absolute atomic E-state index is 0. The van der Waals surface area contributed by atoms with Crippen molar-refractivity contribution in [3.8, 4) is 6.07 Å². The van der Waals surface area contributed by atoms with Crippen LogP contribution in [0.1, 0.15) is 11.4 Å². The molecule has 0 unspecified atom stereocenters. The summed E-state index contributed by atoms with van der Waals surface area (Å²) in [6.45, 7) is 0. The Hall–Kier alpha value is -1.12. The summed E-state index contributed by atoms with van der Waals surface area (Å²) in [5, 5.41) is 15.1. The number of nitrogens with zero attached hydrogens (tertiary/aromatic N) is 3. The van der Waals surface area contributed by atoms with Gasteiger partial charge in [-0.2, -0.15) is 37.5 Å². The number of nitrogens with one attached hydrogen (secondary N) is 1. The third kappa shape index (κ3) is 2.28. The molecule has 0 fully saturated rings. The van der Waals surface area contributed by atoms with Crippen molar-refractivity contribution in [1.82, 2.24) is 15.4 Å². The van der Waals surface area contributed by atoms with E-state index in [1.165, 1.54) is 5.21 Å². The van der Waals surface area contributed by atoms with Crippen molar-refractivity contribution in [3.05, 3.63) is 11.4 Å². The Labute approximate surface area is 91.6 Å². The zero-order chi connectivity index (χ0) is 11.0. The first-order valence-corrected chi connectivity index (χ1v) is 3.06. The second kappa shape index (κ2) is 4.17. The summed E-state index contributed by atoms with van der Waals surface area (Å²) in [6, 6.07) is 1.07. The van der Waals surface area contributed by atoms with Gasteiger partial charge in [0.15, 0.2) is 11.4 Å². The molecule has 0 aliphatic rings. The van der Waals surface area contributed by atoms with Crippen molar-refractivity contribution in [2.24, 2.45) is 0 Å². The summed E-state index contributed by atoms with van der Waals surface area (Å²) in [5.41, 5.74) is -2.79.